The molecule has 1 heterocycles. The average molecular weight is 391 g/mol. The monoisotopic (exact) mass is 391 g/mol. The largest absolute Gasteiger partial charge is 0.494 e. The summed E-state index contributed by atoms with van der Waals surface area (Å²) in [6, 6.07) is 11.7. The second-order valence-electron chi connectivity index (χ2n) is 5.46. The Morgan fingerprint density at radius 3 is 2.65 bits per heavy atom. The number of sulfone groups is 1. The van der Waals surface area contributed by atoms with Gasteiger partial charge in [0.1, 0.15) is 16.8 Å². The van der Waals surface area contributed by atoms with Crippen molar-refractivity contribution >= 4 is 44.2 Å². The van der Waals surface area contributed by atoms with Crippen molar-refractivity contribution in [1.29, 1.82) is 0 Å². The summed E-state index contributed by atoms with van der Waals surface area (Å²) in [5.74, 6) is 0.0336. The van der Waals surface area contributed by atoms with Crippen molar-refractivity contribution in [3.63, 3.8) is 0 Å². The lowest BCUT2D eigenvalue weighted by atomic mass is 10.3. The van der Waals surface area contributed by atoms with Gasteiger partial charge < -0.3 is 10.1 Å². The first-order chi connectivity index (χ1) is 12.5. The zero-order chi connectivity index (χ0) is 18.6. The lowest BCUT2D eigenvalue weighted by Gasteiger charge is -2.08. The minimum Gasteiger partial charge on any atom is -0.494 e. The number of nitrogens with one attached hydrogen (secondary N) is 1. The van der Waals surface area contributed by atoms with E-state index < -0.39 is 9.84 Å². The number of aromatic nitrogens is 2. The van der Waals surface area contributed by atoms with Crippen LogP contribution in [0.3, 0.4) is 0 Å². The fourth-order valence-electron chi connectivity index (χ4n) is 2.39. The first kappa shape index (κ1) is 18.3. The maximum Gasteiger partial charge on any atom is 0.225 e. The van der Waals surface area contributed by atoms with Gasteiger partial charge in [-0.1, -0.05) is 6.07 Å². The zero-order valence-electron chi connectivity index (χ0n) is 14.0. The minimum absolute atomic E-state index is 0.109. The standard InChI is InChI=1S/C17H17N3O4S2/c1-2-24-13-8-6-12(7-9-13)18-16(21)10-11-26(22,23)15-5-3-4-14-17(15)20-25-19-14/h3-9H,2,10-11H2,1H3,(H,18,21). The molecule has 0 atom stereocenters. The van der Waals surface area contributed by atoms with Crippen LogP contribution in [0.4, 0.5) is 5.69 Å². The number of carbonyl (C=O) groups is 1. The van der Waals surface area contributed by atoms with Crippen LogP contribution < -0.4 is 10.1 Å². The van der Waals surface area contributed by atoms with Crippen LogP contribution in [0.1, 0.15) is 13.3 Å². The molecule has 9 heteroatoms. The van der Waals surface area contributed by atoms with E-state index in [1.807, 2.05) is 6.92 Å². The topological polar surface area (TPSA) is 98.2 Å². The number of nitrogens with zero attached hydrogens (tertiary/aromatic N) is 2. The number of anilines is 1. The first-order valence-electron chi connectivity index (χ1n) is 7.96. The number of benzene rings is 2. The summed E-state index contributed by atoms with van der Waals surface area (Å²) in [6.07, 6.45) is -0.149. The Kier molecular flexibility index (Phi) is 5.48. The number of hydrogen-bond acceptors (Lipinski definition) is 7. The third kappa shape index (κ3) is 4.17. The van der Waals surface area contributed by atoms with Gasteiger partial charge in [-0.05, 0) is 43.3 Å². The third-order valence-electron chi connectivity index (χ3n) is 3.63. The van der Waals surface area contributed by atoms with Crippen molar-refractivity contribution in [2.24, 2.45) is 0 Å². The number of carbonyl (C=O) groups excluding carboxylic acids is 1. The van der Waals surface area contributed by atoms with Crippen molar-refractivity contribution < 1.29 is 17.9 Å². The predicted octanol–water partition coefficient (Wildman–Crippen LogP) is 2.89. The predicted molar refractivity (Wildman–Crippen MR) is 100 cm³/mol. The van der Waals surface area contributed by atoms with Crippen molar-refractivity contribution in [3.8, 4) is 5.75 Å². The first-order valence-corrected chi connectivity index (χ1v) is 10.3. The van der Waals surface area contributed by atoms with Crippen LogP contribution in [-0.2, 0) is 14.6 Å². The molecule has 0 saturated carbocycles. The van der Waals surface area contributed by atoms with Crippen LogP contribution in [0.5, 0.6) is 5.75 Å². The highest BCUT2D eigenvalue weighted by Crippen LogP contribution is 2.23. The molecule has 3 rings (SSSR count). The number of amides is 1. The normalized spacial score (nSPS) is 11.4. The van der Waals surface area contributed by atoms with Crippen molar-refractivity contribution in [2.75, 3.05) is 17.7 Å². The Labute approximate surface area is 155 Å². The van der Waals surface area contributed by atoms with Gasteiger partial charge in [0.15, 0.2) is 9.84 Å². The Morgan fingerprint density at radius 1 is 1.15 bits per heavy atom. The SMILES string of the molecule is CCOc1ccc(NC(=O)CCS(=O)(=O)c2cccc3nsnc23)cc1. The highest BCUT2D eigenvalue weighted by atomic mass is 32.2. The highest BCUT2D eigenvalue weighted by Gasteiger charge is 2.21. The highest BCUT2D eigenvalue weighted by molar-refractivity contribution is 7.91. The molecule has 1 amide bonds. The average Bonchev–Trinajstić information content (AvgIpc) is 3.10. The third-order valence-corrected chi connectivity index (χ3v) is 5.91. The molecule has 26 heavy (non-hydrogen) atoms. The molecule has 0 radical (unpaired) electrons. The molecule has 0 spiro atoms. The Hall–Kier alpha value is -2.52. The van der Waals surface area contributed by atoms with E-state index >= 15 is 0 Å². The molecule has 0 aliphatic heterocycles. The number of hydrogen-bond donors (Lipinski definition) is 1. The summed E-state index contributed by atoms with van der Waals surface area (Å²) in [7, 11) is -3.63. The molecule has 2 aromatic carbocycles. The summed E-state index contributed by atoms with van der Waals surface area (Å²) in [5, 5.41) is 2.68. The van der Waals surface area contributed by atoms with Gasteiger partial charge in [-0.3, -0.25) is 4.79 Å². The molecule has 0 fully saturated rings. The van der Waals surface area contributed by atoms with Crippen LogP contribution >= 0.6 is 11.7 Å². The van der Waals surface area contributed by atoms with E-state index in [-0.39, 0.29) is 23.0 Å². The van der Waals surface area contributed by atoms with Gasteiger partial charge in [-0.2, -0.15) is 8.75 Å². The van der Waals surface area contributed by atoms with Gasteiger partial charge in [-0.15, -0.1) is 0 Å². The zero-order valence-corrected chi connectivity index (χ0v) is 15.6. The van der Waals surface area contributed by atoms with E-state index in [4.69, 9.17) is 4.74 Å². The van der Waals surface area contributed by atoms with Gasteiger partial charge >= 0.3 is 0 Å². The Bertz CT molecular complexity index is 1010. The van der Waals surface area contributed by atoms with Gasteiger partial charge in [0.25, 0.3) is 0 Å². The number of rotatable bonds is 7. The smallest absolute Gasteiger partial charge is 0.225 e. The van der Waals surface area contributed by atoms with E-state index in [0.29, 0.717) is 29.1 Å². The maximum absolute atomic E-state index is 12.6. The molecule has 0 bridgehead atoms. The summed E-state index contributed by atoms with van der Waals surface area (Å²) < 4.78 is 38.5. The molecule has 1 N–H and O–H groups in total. The molecule has 0 saturated heterocycles. The van der Waals surface area contributed by atoms with Gasteiger partial charge in [-0.25, -0.2) is 8.42 Å². The van der Waals surface area contributed by atoms with E-state index in [1.165, 1.54) is 6.07 Å². The van der Waals surface area contributed by atoms with Crippen LogP contribution in [0.2, 0.25) is 0 Å². The van der Waals surface area contributed by atoms with E-state index in [9.17, 15) is 13.2 Å². The summed E-state index contributed by atoms with van der Waals surface area (Å²) in [4.78, 5) is 12.2. The molecule has 3 aromatic rings. The fourth-order valence-corrected chi connectivity index (χ4v) is 4.41. The summed E-state index contributed by atoms with van der Waals surface area (Å²) in [5.41, 5.74) is 1.47. The summed E-state index contributed by atoms with van der Waals surface area (Å²) >= 11 is 0.960. The van der Waals surface area contributed by atoms with Gasteiger partial charge in [0.05, 0.1) is 29.0 Å². The van der Waals surface area contributed by atoms with Gasteiger partial charge in [0, 0.05) is 12.1 Å². The molecular weight excluding hydrogens is 374 g/mol. The van der Waals surface area contributed by atoms with Crippen molar-refractivity contribution in [2.45, 2.75) is 18.2 Å². The van der Waals surface area contributed by atoms with Crippen molar-refractivity contribution in [3.05, 3.63) is 42.5 Å². The number of ether oxygens (including phenoxy) is 1. The Balaban J connectivity index is 1.64. The lowest BCUT2D eigenvalue weighted by Crippen LogP contribution is -2.17. The van der Waals surface area contributed by atoms with Gasteiger partial charge in [0.2, 0.25) is 5.91 Å². The van der Waals surface area contributed by atoms with Crippen LogP contribution in [0.15, 0.2) is 47.4 Å². The lowest BCUT2D eigenvalue weighted by molar-refractivity contribution is -0.115. The van der Waals surface area contributed by atoms with E-state index in [2.05, 4.69) is 14.1 Å². The Morgan fingerprint density at radius 2 is 1.92 bits per heavy atom. The molecule has 0 aliphatic rings. The second kappa shape index (κ2) is 7.79. The van der Waals surface area contributed by atoms with Crippen molar-refractivity contribution in [1.82, 2.24) is 8.75 Å². The molecule has 0 aliphatic carbocycles. The molecule has 0 unspecified atom stereocenters. The molecule has 136 valence electrons. The second-order valence-corrected chi connectivity index (χ2v) is 8.07. The van der Waals surface area contributed by atoms with Crippen LogP contribution in [0.25, 0.3) is 11.0 Å². The maximum atomic E-state index is 12.6. The van der Waals surface area contributed by atoms with E-state index in [1.54, 1.807) is 36.4 Å². The molecule has 7 nitrogen and oxygen atoms in total. The van der Waals surface area contributed by atoms with E-state index in [0.717, 1.165) is 11.7 Å². The minimum atomic E-state index is -3.63. The summed E-state index contributed by atoms with van der Waals surface area (Å²) in [6.45, 7) is 2.45. The van der Waals surface area contributed by atoms with Crippen LogP contribution in [0, 0.1) is 0 Å². The quantitative estimate of drug-likeness (QED) is 0.665. The fraction of sp³-hybridized carbons (Fsp3) is 0.235. The van der Waals surface area contributed by atoms with Crippen LogP contribution in [-0.4, -0.2) is 35.4 Å². The number of fused-ring (bicyclic) bond motifs is 1. The molecule has 1 aromatic heterocycles. The molecular formula is C17H17N3O4S2.